The van der Waals surface area contributed by atoms with E-state index in [4.69, 9.17) is 11.6 Å². The van der Waals surface area contributed by atoms with E-state index in [1.807, 2.05) is 0 Å². The minimum atomic E-state index is -3.78. The Morgan fingerprint density at radius 3 is 2.16 bits per heavy atom. The lowest BCUT2D eigenvalue weighted by molar-refractivity contribution is -0.120. The van der Waals surface area contributed by atoms with Crippen LogP contribution < -0.4 is 10.0 Å². The number of nitrogens with zero attached hydrogens (tertiary/aromatic N) is 1. The van der Waals surface area contributed by atoms with E-state index in [0.717, 1.165) is 4.47 Å². The standard InChI is InChI=1S/C25H25BrClN3O5S2/c26-20-4-6-23(7-5-20)29-37(34,35)24-10-8-22(9-11-24)28-25(31)19-12-14-30(15-13-19)36(32,33)17-18-2-1-3-21(27)16-18/h1-11,16,19,29H,12-15,17H2,(H,28,31). The molecule has 0 aliphatic carbocycles. The minimum Gasteiger partial charge on any atom is -0.326 e. The summed E-state index contributed by atoms with van der Waals surface area (Å²) < 4.78 is 55.6. The van der Waals surface area contributed by atoms with Crippen molar-refractivity contribution in [1.82, 2.24) is 4.31 Å². The molecule has 0 saturated carbocycles. The van der Waals surface area contributed by atoms with E-state index < -0.39 is 20.0 Å². The molecule has 3 aromatic carbocycles. The lowest BCUT2D eigenvalue weighted by Crippen LogP contribution is -2.41. The van der Waals surface area contributed by atoms with Crippen molar-refractivity contribution in [2.75, 3.05) is 23.1 Å². The molecule has 2 N–H and O–H groups in total. The number of sulfonamides is 2. The second-order valence-corrected chi connectivity index (χ2v) is 13.7. The lowest BCUT2D eigenvalue weighted by Gasteiger charge is -2.30. The van der Waals surface area contributed by atoms with Gasteiger partial charge < -0.3 is 5.32 Å². The van der Waals surface area contributed by atoms with Gasteiger partial charge in [-0.05, 0) is 79.1 Å². The molecule has 0 atom stereocenters. The first-order chi connectivity index (χ1) is 17.5. The third-order valence-electron chi connectivity index (χ3n) is 5.98. The summed E-state index contributed by atoms with van der Waals surface area (Å²) in [4.78, 5) is 12.8. The van der Waals surface area contributed by atoms with Crippen LogP contribution in [0.15, 0.2) is 82.2 Å². The van der Waals surface area contributed by atoms with Crippen molar-refractivity contribution >= 4 is 64.9 Å². The zero-order valence-corrected chi connectivity index (χ0v) is 23.6. The van der Waals surface area contributed by atoms with Crippen LogP contribution >= 0.6 is 27.5 Å². The highest BCUT2D eigenvalue weighted by Crippen LogP contribution is 2.25. The molecule has 8 nitrogen and oxygen atoms in total. The van der Waals surface area contributed by atoms with E-state index in [0.29, 0.717) is 34.8 Å². The van der Waals surface area contributed by atoms with Gasteiger partial charge in [-0.3, -0.25) is 9.52 Å². The van der Waals surface area contributed by atoms with Gasteiger partial charge in [0.05, 0.1) is 10.6 Å². The number of halogens is 2. The van der Waals surface area contributed by atoms with E-state index in [-0.39, 0.29) is 35.6 Å². The average Bonchev–Trinajstić information content (AvgIpc) is 2.85. The molecular weight excluding hydrogens is 602 g/mol. The molecule has 1 heterocycles. The summed E-state index contributed by atoms with van der Waals surface area (Å²) in [5, 5.41) is 3.28. The van der Waals surface area contributed by atoms with Crippen LogP contribution in [0, 0.1) is 5.92 Å². The average molecular weight is 627 g/mol. The van der Waals surface area contributed by atoms with Gasteiger partial charge in [0.1, 0.15) is 0 Å². The second-order valence-electron chi connectivity index (χ2n) is 8.69. The molecule has 1 saturated heterocycles. The number of anilines is 2. The summed E-state index contributed by atoms with van der Waals surface area (Å²) in [6.45, 7) is 0.500. The maximum Gasteiger partial charge on any atom is 0.261 e. The number of hydrogen-bond acceptors (Lipinski definition) is 5. The highest BCUT2D eigenvalue weighted by atomic mass is 79.9. The van der Waals surface area contributed by atoms with Gasteiger partial charge in [0.15, 0.2) is 0 Å². The molecule has 0 bridgehead atoms. The number of carbonyl (C=O) groups is 1. The van der Waals surface area contributed by atoms with Crippen LogP contribution in [-0.2, 0) is 30.6 Å². The van der Waals surface area contributed by atoms with Crippen molar-refractivity contribution in [3.05, 3.63) is 87.9 Å². The molecule has 1 aliphatic rings. The van der Waals surface area contributed by atoms with Gasteiger partial charge in [-0.25, -0.2) is 21.1 Å². The molecular formula is C25H25BrClN3O5S2. The van der Waals surface area contributed by atoms with Crippen LogP contribution in [-0.4, -0.2) is 40.1 Å². The van der Waals surface area contributed by atoms with E-state index >= 15 is 0 Å². The number of rotatable bonds is 8. The first-order valence-electron chi connectivity index (χ1n) is 11.4. The Morgan fingerprint density at radius 2 is 1.54 bits per heavy atom. The molecule has 0 radical (unpaired) electrons. The number of carbonyl (C=O) groups excluding carboxylic acids is 1. The van der Waals surface area contributed by atoms with Crippen molar-refractivity contribution in [2.45, 2.75) is 23.5 Å². The van der Waals surface area contributed by atoms with Crippen LogP contribution in [0.5, 0.6) is 0 Å². The van der Waals surface area contributed by atoms with Crippen molar-refractivity contribution in [3.8, 4) is 0 Å². The van der Waals surface area contributed by atoms with Crippen LogP contribution in [0.2, 0.25) is 5.02 Å². The number of benzene rings is 3. The maximum absolute atomic E-state index is 12.8. The van der Waals surface area contributed by atoms with Gasteiger partial charge in [0.2, 0.25) is 15.9 Å². The summed E-state index contributed by atoms with van der Waals surface area (Å²) in [7, 11) is -7.31. The normalized spacial score (nSPS) is 15.3. The minimum absolute atomic E-state index is 0.0617. The van der Waals surface area contributed by atoms with E-state index in [9.17, 15) is 21.6 Å². The van der Waals surface area contributed by atoms with E-state index in [1.54, 1.807) is 48.5 Å². The molecule has 0 aromatic heterocycles. The Kier molecular flexibility index (Phi) is 8.59. The number of nitrogens with one attached hydrogen (secondary N) is 2. The Bertz CT molecular complexity index is 1470. The fourth-order valence-corrected chi connectivity index (χ4v) is 7.10. The Labute approximate surface area is 230 Å². The molecule has 12 heteroatoms. The molecule has 3 aromatic rings. The largest absolute Gasteiger partial charge is 0.326 e. The van der Waals surface area contributed by atoms with Crippen molar-refractivity contribution in [1.29, 1.82) is 0 Å². The molecule has 1 fully saturated rings. The first-order valence-corrected chi connectivity index (χ1v) is 15.7. The van der Waals surface area contributed by atoms with Crippen molar-refractivity contribution < 1.29 is 21.6 Å². The highest BCUT2D eigenvalue weighted by Gasteiger charge is 2.31. The Morgan fingerprint density at radius 1 is 0.919 bits per heavy atom. The first kappa shape index (κ1) is 27.6. The quantitative estimate of drug-likeness (QED) is 0.362. The molecule has 37 heavy (non-hydrogen) atoms. The van der Waals surface area contributed by atoms with Crippen molar-refractivity contribution in [2.24, 2.45) is 5.92 Å². The number of hydrogen-bond donors (Lipinski definition) is 2. The fraction of sp³-hybridized carbons (Fsp3) is 0.240. The van der Waals surface area contributed by atoms with Gasteiger partial charge >= 0.3 is 0 Å². The summed E-state index contributed by atoms with van der Waals surface area (Å²) in [6, 6.07) is 19.4. The summed E-state index contributed by atoms with van der Waals surface area (Å²) >= 11 is 9.27. The zero-order chi connectivity index (χ0) is 26.6. The van der Waals surface area contributed by atoms with Crippen LogP contribution in [0.25, 0.3) is 0 Å². The summed E-state index contributed by atoms with van der Waals surface area (Å²) in [5.41, 5.74) is 1.51. The highest BCUT2D eigenvalue weighted by molar-refractivity contribution is 9.10. The number of piperidine rings is 1. The van der Waals surface area contributed by atoms with Crippen LogP contribution in [0.3, 0.4) is 0 Å². The Balaban J connectivity index is 1.31. The third kappa shape index (κ3) is 7.32. The molecule has 196 valence electrons. The van der Waals surface area contributed by atoms with Crippen molar-refractivity contribution in [3.63, 3.8) is 0 Å². The monoisotopic (exact) mass is 625 g/mol. The fourth-order valence-electron chi connectivity index (χ4n) is 4.02. The molecule has 0 unspecified atom stereocenters. The van der Waals surface area contributed by atoms with Crippen LogP contribution in [0.4, 0.5) is 11.4 Å². The predicted molar refractivity (Wildman–Crippen MR) is 148 cm³/mol. The van der Waals surface area contributed by atoms with Gasteiger partial charge in [-0.2, -0.15) is 0 Å². The molecule has 1 aliphatic heterocycles. The molecule has 1 amide bonds. The lowest BCUT2D eigenvalue weighted by atomic mass is 9.97. The van der Waals surface area contributed by atoms with Gasteiger partial charge in [-0.1, -0.05) is 39.7 Å². The zero-order valence-electron chi connectivity index (χ0n) is 19.6. The second kappa shape index (κ2) is 11.5. The SMILES string of the molecule is O=C(Nc1ccc(S(=O)(=O)Nc2ccc(Br)cc2)cc1)C1CCN(S(=O)(=O)Cc2cccc(Cl)c2)CC1. The number of amides is 1. The van der Waals surface area contributed by atoms with Crippen LogP contribution in [0.1, 0.15) is 18.4 Å². The van der Waals surface area contributed by atoms with Gasteiger partial charge in [0.25, 0.3) is 10.0 Å². The Hall–Kier alpha value is -2.44. The maximum atomic E-state index is 12.8. The topological polar surface area (TPSA) is 113 Å². The summed E-state index contributed by atoms with van der Waals surface area (Å²) in [6.07, 6.45) is 0.786. The molecule has 4 rings (SSSR count). The third-order valence-corrected chi connectivity index (χ3v) is 10.00. The van der Waals surface area contributed by atoms with E-state index in [2.05, 4.69) is 26.0 Å². The van der Waals surface area contributed by atoms with E-state index in [1.165, 1.54) is 28.6 Å². The summed E-state index contributed by atoms with van der Waals surface area (Å²) in [5.74, 6) is -0.716. The molecule has 0 spiro atoms. The van der Waals surface area contributed by atoms with Gasteiger partial charge in [0, 0.05) is 39.9 Å². The predicted octanol–water partition coefficient (Wildman–Crippen LogP) is 5.08. The van der Waals surface area contributed by atoms with Gasteiger partial charge in [-0.15, -0.1) is 0 Å². The smallest absolute Gasteiger partial charge is 0.261 e.